The molecular weight excluding hydrogens is 438 g/mol. The second-order valence-electron chi connectivity index (χ2n) is 7.15. The van der Waals surface area contributed by atoms with Gasteiger partial charge < -0.3 is 9.84 Å². The van der Waals surface area contributed by atoms with Gasteiger partial charge in [0.25, 0.3) is 5.91 Å². The van der Waals surface area contributed by atoms with Gasteiger partial charge in [0.1, 0.15) is 5.75 Å². The fourth-order valence-corrected chi connectivity index (χ4v) is 3.24. The maximum atomic E-state index is 12.8. The molecule has 0 aromatic heterocycles. The van der Waals surface area contributed by atoms with Crippen molar-refractivity contribution < 1.29 is 24.4 Å². The Hall–Kier alpha value is -5.05. The minimum absolute atomic E-state index is 0.0219. The normalized spacial score (nSPS) is 10.8. The number of ether oxygens (including phenoxy) is 1. The molecule has 0 saturated carbocycles. The van der Waals surface area contributed by atoms with Crippen LogP contribution in [0.1, 0.15) is 26.3 Å². The van der Waals surface area contributed by atoms with Gasteiger partial charge in [-0.2, -0.15) is 5.10 Å². The van der Waals surface area contributed by atoms with Crippen LogP contribution in [0.3, 0.4) is 0 Å². The molecule has 2 N–H and O–H groups in total. The summed E-state index contributed by atoms with van der Waals surface area (Å²) in [4.78, 5) is 35.7. The Balaban J connectivity index is 1.51. The van der Waals surface area contributed by atoms with E-state index in [1.807, 2.05) is 18.2 Å². The van der Waals surface area contributed by atoms with Gasteiger partial charge in [-0.05, 0) is 53.2 Å². The van der Waals surface area contributed by atoms with Crippen molar-refractivity contribution in [2.24, 2.45) is 5.10 Å². The molecule has 0 heterocycles. The Morgan fingerprint density at radius 2 is 1.71 bits per heavy atom. The van der Waals surface area contributed by atoms with Crippen molar-refractivity contribution in [3.8, 4) is 11.5 Å². The van der Waals surface area contributed by atoms with Crippen LogP contribution in [0.25, 0.3) is 10.8 Å². The van der Waals surface area contributed by atoms with Crippen molar-refractivity contribution in [2.75, 3.05) is 0 Å². The first-order chi connectivity index (χ1) is 16.4. The second-order valence-corrected chi connectivity index (χ2v) is 7.15. The lowest BCUT2D eigenvalue weighted by Crippen LogP contribution is -2.17. The van der Waals surface area contributed by atoms with Crippen LogP contribution in [0.5, 0.6) is 11.5 Å². The van der Waals surface area contributed by atoms with Crippen molar-refractivity contribution >= 4 is 34.6 Å². The number of benzene rings is 4. The molecule has 9 heteroatoms. The Morgan fingerprint density at radius 1 is 0.971 bits per heavy atom. The number of hydrogen-bond acceptors (Lipinski definition) is 7. The number of nitrogens with zero attached hydrogens (tertiary/aromatic N) is 2. The lowest BCUT2D eigenvalue weighted by molar-refractivity contribution is -0.385. The number of carbonyl (C=O) groups is 2. The van der Waals surface area contributed by atoms with Gasteiger partial charge >= 0.3 is 11.7 Å². The third-order valence-electron chi connectivity index (χ3n) is 4.90. The largest absolute Gasteiger partial charge is 0.508 e. The summed E-state index contributed by atoms with van der Waals surface area (Å²) in [5, 5.41) is 26.2. The van der Waals surface area contributed by atoms with Gasteiger partial charge in [-0.3, -0.25) is 14.9 Å². The summed E-state index contributed by atoms with van der Waals surface area (Å²) < 4.78 is 5.35. The average molecular weight is 455 g/mol. The Kier molecular flexibility index (Phi) is 6.26. The molecule has 0 aliphatic heterocycles. The van der Waals surface area contributed by atoms with E-state index in [0.29, 0.717) is 10.9 Å². The molecule has 0 atom stereocenters. The zero-order valence-electron chi connectivity index (χ0n) is 17.5. The molecule has 1 amide bonds. The van der Waals surface area contributed by atoms with Gasteiger partial charge in [0, 0.05) is 17.2 Å². The SMILES string of the molecule is O=C(NN=Cc1ccc(OC(=O)c2cccc3ccccc23)c([N+](=O)[O-])c1)c1ccc(O)cc1. The molecule has 34 heavy (non-hydrogen) atoms. The molecule has 0 bridgehead atoms. The predicted molar refractivity (Wildman–Crippen MR) is 125 cm³/mol. The highest BCUT2D eigenvalue weighted by molar-refractivity contribution is 6.05. The first-order valence-electron chi connectivity index (χ1n) is 10.0. The molecule has 4 rings (SSSR count). The molecular formula is C25H17N3O6. The summed E-state index contributed by atoms with van der Waals surface area (Å²) in [6, 6.07) is 21.9. The number of esters is 1. The van der Waals surface area contributed by atoms with Gasteiger partial charge in [-0.25, -0.2) is 10.2 Å². The Morgan fingerprint density at radius 3 is 2.47 bits per heavy atom. The van der Waals surface area contributed by atoms with Crippen LogP contribution in [0.15, 0.2) is 90.0 Å². The van der Waals surface area contributed by atoms with E-state index in [0.717, 1.165) is 5.39 Å². The number of carbonyl (C=O) groups excluding carboxylic acids is 2. The number of fused-ring (bicyclic) bond motifs is 1. The Labute approximate surface area is 193 Å². The minimum atomic E-state index is -0.720. The summed E-state index contributed by atoms with van der Waals surface area (Å²) in [7, 11) is 0. The van der Waals surface area contributed by atoms with Crippen LogP contribution in [0.4, 0.5) is 5.69 Å². The first-order valence-corrected chi connectivity index (χ1v) is 10.0. The monoisotopic (exact) mass is 455 g/mol. The van der Waals surface area contributed by atoms with Gasteiger partial charge in [-0.15, -0.1) is 0 Å². The molecule has 0 unspecified atom stereocenters. The fourth-order valence-electron chi connectivity index (χ4n) is 3.24. The maximum absolute atomic E-state index is 12.8. The number of phenolic OH excluding ortho intramolecular Hbond substituents is 1. The van der Waals surface area contributed by atoms with Crippen LogP contribution in [0.2, 0.25) is 0 Å². The number of hydrogen-bond donors (Lipinski definition) is 2. The van der Waals surface area contributed by atoms with Gasteiger partial charge in [0.2, 0.25) is 5.75 Å². The van der Waals surface area contributed by atoms with Crippen LogP contribution < -0.4 is 10.2 Å². The van der Waals surface area contributed by atoms with Crippen molar-refractivity contribution in [1.82, 2.24) is 5.43 Å². The summed E-state index contributed by atoms with van der Waals surface area (Å²) in [6.45, 7) is 0. The number of rotatable bonds is 6. The third-order valence-corrected chi connectivity index (χ3v) is 4.90. The smallest absolute Gasteiger partial charge is 0.344 e. The van der Waals surface area contributed by atoms with Crippen molar-refractivity contribution in [1.29, 1.82) is 0 Å². The number of aromatic hydroxyl groups is 1. The minimum Gasteiger partial charge on any atom is -0.508 e. The molecule has 4 aromatic carbocycles. The Bertz CT molecular complexity index is 1430. The van der Waals surface area contributed by atoms with E-state index in [-0.39, 0.29) is 22.6 Å². The fraction of sp³-hybridized carbons (Fsp3) is 0. The predicted octanol–water partition coefficient (Wildman–Crippen LogP) is 4.44. The molecule has 0 fully saturated rings. The zero-order chi connectivity index (χ0) is 24.1. The van der Waals surface area contributed by atoms with Crippen molar-refractivity contribution in [3.05, 3.63) is 112 Å². The summed E-state index contributed by atoms with van der Waals surface area (Å²) in [6.07, 6.45) is 1.22. The topological polar surface area (TPSA) is 131 Å². The molecule has 0 aliphatic rings. The average Bonchev–Trinajstić information content (AvgIpc) is 2.84. The summed E-state index contributed by atoms with van der Waals surface area (Å²) in [5.74, 6) is -1.43. The van der Waals surface area contributed by atoms with Crippen molar-refractivity contribution in [2.45, 2.75) is 0 Å². The van der Waals surface area contributed by atoms with E-state index in [4.69, 9.17) is 4.74 Å². The molecule has 0 radical (unpaired) electrons. The lowest BCUT2D eigenvalue weighted by Gasteiger charge is -2.08. The van der Waals surface area contributed by atoms with E-state index >= 15 is 0 Å². The maximum Gasteiger partial charge on any atom is 0.344 e. The number of hydrazone groups is 1. The molecule has 0 saturated heterocycles. The van der Waals surface area contributed by atoms with E-state index in [1.54, 1.807) is 24.3 Å². The van der Waals surface area contributed by atoms with Gasteiger partial charge in [0.15, 0.2) is 0 Å². The molecule has 0 aliphatic carbocycles. The van der Waals surface area contributed by atoms with Crippen LogP contribution in [0, 0.1) is 10.1 Å². The zero-order valence-corrected chi connectivity index (χ0v) is 17.5. The molecule has 168 valence electrons. The number of nitrogens with one attached hydrogen (secondary N) is 1. The second kappa shape index (κ2) is 9.61. The van der Waals surface area contributed by atoms with Crippen LogP contribution in [-0.4, -0.2) is 28.1 Å². The summed E-state index contributed by atoms with van der Waals surface area (Å²) in [5.41, 5.74) is 2.74. The molecule has 0 spiro atoms. The quantitative estimate of drug-likeness (QED) is 0.145. The van der Waals surface area contributed by atoms with E-state index in [2.05, 4.69) is 10.5 Å². The van der Waals surface area contributed by atoms with E-state index < -0.39 is 22.5 Å². The highest BCUT2D eigenvalue weighted by atomic mass is 16.6. The number of phenols is 1. The standard InChI is InChI=1S/C25H17N3O6/c29-19-11-9-18(10-12-19)24(30)27-26-15-16-8-13-23(22(14-16)28(32)33)34-25(31)21-7-3-5-17-4-1-2-6-20(17)21/h1-15,29H,(H,27,30). The molecule has 9 nitrogen and oxygen atoms in total. The third kappa shape index (κ3) is 4.89. The highest BCUT2D eigenvalue weighted by Crippen LogP contribution is 2.29. The first kappa shape index (κ1) is 22.2. The van der Waals surface area contributed by atoms with Gasteiger partial charge in [-0.1, -0.05) is 36.4 Å². The van der Waals surface area contributed by atoms with Crippen LogP contribution >= 0.6 is 0 Å². The number of nitro benzene ring substituents is 1. The highest BCUT2D eigenvalue weighted by Gasteiger charge is 2.20. The summed E-state index contributed by atoms with van der Waals surface area (Å²) >= 11 is 0. The van der Waals surface area contributed by atoms with Gasteiger partial charge in [0.05, 0.1) is 16.7 Å². The lowest BCUT2D eigenvalue weighted by atomic mass is 10.0. The number of nitro groups is 1. The van der Waals surface area contributed by atoms with Crippen molar-refractivity contribution in [3.63, 3.8) is 0 Å². The van der Waals surface area contributed by atoms with E-state index in [1.165, 1.54) is 48.7 Å². The van der Waals surface area contributed by atoms with E-state index in [9.17, 15) is 24.8 Å². The van der Waals surface area contributed by atoms with Crippen LogP contribution in [-0.2, 0) is 0 Å². The number of amides is 1. The molecule has 4 aromatic rings.